The van der Waals surface area contributed by atoms with Crippen molar-refractivity contribution < 1.29 is 9.53 Å². The Balaban J connectivity index is 1.48. The molecule has 1 aliphatic heterocycles. The average molecular weight is 449 g/mol. The normalized spacial score (nSPS) is 15.0. The van der Waals surface area contributed by atoms with Crippen LogP contribution >= 0.6 is 0 Å². The van der Waals surface area contributed by atoms with Gasteiger partial charge in [0.15, 0.2) is 0 Å². The van der Waals surface area contributed by atoms with Crippen LogP contribution in [0.25, 0.3) is 16.5 Å². The fourth-order valence-electron chi connectivity index (χ4n) is 4.34. The number of rotatable bonds is 8. The maximum atomic E-state index is 13.1. The number of carbonyl (C=O) groups excluding carboxylic acids is 1. The van der Waals surface area contributed by atoms with Gasteiger partial charge in [-0.1, -0.05) is 25.1 Å². The van der Waals surface area contributed by atoms with Gasteiger partial charge in [0, 0.05) is 55.4 Å². The Kier molecular flexibility index (Phi) is 7.42. The van der Waals surface area contributed by atoms with Crippen molar-refractivity contribution in [2.45, 2.75) is 13.3 Å². The van der Waals surface area contributed by atoms with Gasteiger partial charge < -0.3 is 19.9 Å². The number of fused-ring (bicyclic) bond motifs is 1. The molecule has 1 fully saturated rings. The zero-order chi connectivity index (χ0) is 23.2. The van der Waals surface area contributed by atoms with Crippen LogP contribution in [0.4, 0.5) is 0 Å². The lowest BCUT2D eigenvalue weighted by Crippen LogP contribution is -2.46. The number of methoxy groups -OCH3 is 1. The summed E-state index contributed by atoms with van der Waals surface area (Å²) in [6.07, 6.45) is 2.54. The molecule has 0 unspecified atom stereocenters. The second kappa shape index (κ2) is 10.6. The standard InChI is InChI=1S/C26H32N4O3/c1-3-28-15-17-29(18-16-28)14-6-13-27-25(31)24-19-30(20-9-11-21(33-2)12-10-20)26(32)23-8-5-4-7-22(23)24/h4-5,7-12,19H,3,6,13-18H2,1-2H3,(H,27,31). The molecule has 0 bridgehead atoms. The third-order valence-corrected chi connectivity index (χ3v) is 6.37. The number of ether oxygens (including phenoxy) is 1. The molecule has 2 aromatic carbocycles. The quantitative estimate of drug-likeness (QED) is 0.537. The highest BCUT2D eigenvalue weighted by Gasteiger charge is 2.17. The van der Waals surface area contributed by atoms with Crippen molar-refractivity contribution in [3.05, 3.63) is 70.6 Å². The monoisotopic (exact) mass is 448 g/mol. The molecule has 0 radical (unpaired) electrons. The smallest absolute Gasteiger partial charge is 0.262 e. The van der Waals surface area contributed by atoms with E-state index in [4.69, 9.17) is 4.74 Å². The van der Waals surface area contributed by atoms with E-state index >= 15 is 0 Å². The van der Waals surface area contributed by atoms with Gasteiger partial charge in [-0.25, -0.2) is 0 Å². The first-order chi connectivity index (χ1) is 16.1. The second-order valence-corrected chi connectivity index (χ2v) is 8.35. The third kappa shape index (κ3) is 5.26. The van der Waals surface area contributed by atoms with Gasteiger partial charge in [-0.15, -0.1) is 0 Å². The van der Waals surface area contributed by atoms with Crippen LogP contribution < -0.4 is 15.6 Å². The number of hydrogen-bond acceptors (Lipinski definition) is 5. The van der Waals surface area contributed by atoms with Gasteiger partial charge in [-0.3, -0.25) is 14.2 Å². The molecule has 2 heterocycles. The molecule has 0 atom stereocenters. The minimum Gasteiger partial charge on any atom is -0.497 e. The number of carbonyl (C=O) groups is 1. The van der Waals surface area contributed by atoms with Crippen LogP contribution in [-0.4, -0.2) is 73.2 Å². The molecular formula is C26H32N4O3. The molecule has 1 aliphatic rings. The van der Waals surface area contributed by atoms with Gasteiger partial charge in [0.25, 0.3) is 11.5 Å². The minimum absolute atomic E-state index is 0.154. The number of pyridine rings is 1. The summed E-state index contributed by atoms with van der Waals surface area (Å²) in [6.45, 7) is 9.28. The molecule has 1 N–H and O–H groups in total. The van der Waals surface area contributed by atoms with Gasteiger partial charge in [-0.05, 0) is 49.8 Å². The van der Waals surface area contributed by atoms with Crippen LogP contribution in [0, 0.1) is 0 Å². The van der Waals surface area contributed by atoms with Gasteiger partial charge in [-0.2, -0.15) is 0 Å². The van der Waals surface area contributed by atoms with E-state index in [2.05, 4.69) is 22.0 Å². The molecule has 0 saturated carbocycles. The first-order valence-corrected chi connectivity index (χ1v) is 11.6. The summed E-state index contributed by atoms with van der Waals surface area (Å²) in [5.41, 5.74) is 1.03. The Labute approximate surface area is 194 Å². The maximum Gasteiger partial charge on any atom is 0.262 e. The van der Waals surface area contributed by atoms with E-state index in [0.717, 1.165) is 45.7 Å². The molecule has 174 valence electrons. The molecule has 0 spiro atoms. The lowest BCUT2D eigenvalue weighted by Gasteiger charge is -2.33. The highest BCUT2D eigenvalue weighted by Crippen LogP contribution is 2.19. The molecule has 7 nitrogen and oxygen atoms in total. The summed E-state index contributed by atoms with van der Waals surface area (Å²) in [4.78, 5) is 31.2. The van der Waals surface area contributed by atoms with Crippen molar-refractivity contribution in [1.29, 1.82) is 0 Å². The number of nitrogens with zero attached hydrogens (tertiary/aromatic N) is 3. The Hall–Kier alpha value is -3.16. The van der Waals surface area contributed by atoms with Crippen LogP contribution in [0.3, 0.4) is 0 Å². The number of nitrogens with one attached hydrogen (secondary N) is 1. The summed E-state index contributed by atoms with van der Waals surface area (Å²) in [5.74, 6) is 0.547. The topological polar surface area (TPSA) is 66.8 Å². The van der Waals surface area contributed by atoms with Crippen LogP contribution in [0.15, 0.2) is 59.5 Å². The molecule has 7 heteroatoms. The fourth-order valence-corrected chi connectivity index (χ4v) is 4.34. The second-order valence-electron chi connectivity index (χ2n) is 8.35. The zero-order valence-corrected chi connectivity index (χ0v) is 19.4. The van der Waals surface area contributed by atoms with Crippen molar-refractivity contribution in [1.82, 2.24) is 19.7 Å². The van der Waals surface area contributed by atoms with Crippen molar-refractivity contribution in [3.8, 4) is 11.4 Å². The molecule has 1 amide bonds. The SMILES string of the molecule is CCN1CCN(CCCNC(=O)c2cn(-c3ccc(OC)cc3)c(=O)c3ccccc23)CC1. The Morgan fingerprint density at radius 3 is 2.30 bits per heavy atom. The largest absolute Gasteiger partial charge is 0.497 e. The van der Waals surface area contributed by atoms with E-state index < -0.39 is 0 Å². The highest BCUT2D eigenvalue weighted by atomic mass is 16.5. The molecule has 0 aliphatic carbocycles. The summed E-state index contributed by atoms with van der Waals surface area (Å²) in [5, 5.41) is 4.25. The number of amides is 1. The molecular weight excluding hydrogens is 416 g/mol. The van der Waals surface area contributed by atoms with Crippen molar-refractivity contribution >= 4 is 16.7 Å². The predicted octanol–water partition coefficient (Wildman–Crippen LogP) is 2.76. The summed E-state index contributed by atoms with van der Waals surface area (Å²) in [6, 6.07) is 14.5. The number of piperazine rings is 1. The van der Waals surface area contributed by atoms with E-state index in [1.807, 2.05) is 30.3 Å². The summed E-state index contributed by atoms with van der Waals surface area (Å²) >= 11 is 0. The van der Waals surface area contributed by atoms with Crippen LogP contribution in [-0.2, 0) is 0 Å². The van der Waals surface area contributed by atoms with Crippen LogP contribution in [0.5, 0.6) is 5.75 Å². The fraction of sp³-hybridized carbons (Fsp3) is 0.385. The van der Waals surface area contributed by atoms with Crippen molar-refractivity contribution in [2.75, 3.05) is 52.9 Å². The Morgan fingerprint density at radius 1 is 0.970 bits per heavy atom. The average Bonchev–Trinajstić information content (AvgIpc) is 2.87. The number of aromatic nitrogens is 1. The number of likely N-dealkylation sites (N-methyl/N-ethyl adjacent to an activating group) is 1. The van der Waals surface area contributed by atoms with Gasteiger partial charge in [0.2, 0.25) is 0 Å². The number of benzene rings is 2. The Bertz CT molecular complexity index is 1150. The van der Waals surface area contributed by atoms with E-state index in [1.54, 1.807) is 31.5 Å². The Morgan fingerprint density at radius 2 is 1.64 bits per heavy atom. The minimum atomic E-state index is -0.163. The molecule has 4 rings (SSSR count). The molecule has 1 saturated heterocycles. The van der Waals surface area contributed by atoms with Crippen LogP contribution in [0.2, 0.25) is 0 Å². The summed E-state index contributed by atoms with van der Waals surface area (Å²) < 4.78 is 6.75. The van der Waals surface area contributed by atoms with E-state index in [9.17, 15) is 9.59 Å². The van der Waals surface area contributed by atoms with Gasteiger partial charge in [0.1, 0.15) is 5.75 Å². The van der Waals surface area contributed by atoms with E-state index in [-0.39, 0.29) is 11.5 Å². The van der Waals surface area contributed by atoms with Crippen molar-refractivity contribution in [3.63, 3.8) is 0 Å². The molecule has 1 aromatic heterocycles. The number of hydrogen-bond donors (Lipinski definition) is 1. The molecule has 3 aromatic rings. The summed E-state index contributed by atoms with van der Waals surface area (Å²) in [7, 11) is 1.60. The van der Waals surface area contributed by atoms with E-state index in [0.29, 0.717) is 34.3 Å². The lowest BCUT2D eigenvalue weighted by atomic mass is 10.1. The predicted molar refractivity (Wildman–Crippen MR) is 132 cm³/mol. The third-order valence-electron chi connectivity index (χ3n) is 6.37. The van der Waals surface area contributed by atoms with Crippen LogP contribution in [0.1, 0.15) is 23.7 Å². The lowest BCUT2D eigenvalue weighted by molar-refractivity contribution is 0.0949. The maximum absolute atomic E-state index is 13.1. The van der Waals surface area contributed by atoms with E-state index in [1.165, 1.54) is 4.57 Å². The first kappa shape index (κ1) is 23.0. The van der Waals surface area contributed by atoms with Gasteiger partial charge >= 0.3 is 0 Å². The molecule has 33 heavy (non-hydrogen) atoms. The van der Waals surface area contributed by atoms with Crippen molar-refractivity contribution in [2.24, 2.45) is 0 Å². The highest BCUT2D eigenvalue weighted by molar-refractivity contribution is 6.06. The van der Waals surface area contributed by atoms with Gasteiger partial charge in [0.05, 0.1) is 12.7 Å². The first-order valence-electron chi connectivity index (χ1n) is 11.6. The zero-order valence-electron chi connectivity index (χ0n) is 19.4.